The Bertz CT molecular complexity index is 509. The summed E-state index contributed by atoms with van der Waals surface area (Å²) in [7, 11) is 3.00. The maximum atomic E-state index is 11.5. The van der Waals surface area contributed by atoms with Crippen molar-refractivity contribution in [3.05, 3.63) is 28.8 Å². The summed E-state index contributed by atoms with van der Waals surface area (Å²) in [5.41, 5.74) is 6.33. The smallest absolute Gasteiger partial charge is 0.249 e. The number of nitrogens with two attached hydrogens (primary N) is 1. The topological polar surface area (TPSA) is 87.9 Å². The van der Waals surface area contributed by atoms with Gasteiger partial charge < -0.3 is 19.9 Å². The second kappa shape index (κ2) is 7.02. The van der Waals surface area contributed by atoms with E-state index in [0.717, 1.165) is 0 Å². The summed E-state index contributed by atoms with van der Waals surface area (Å²) in [4.78, 5) is 23.0. The molecule has 1 amide bonds. The van der Waals surface area contributed by atoms with E-state index in [9.17, 15) is 9.59 Å². The van der Waals surface area contributed by atoms with Crippen LogP contribution in [0.15, 0.2) is 12.1 Å². The number of hydrogen-bond acceptors (Lipinski definition) is 5. The molecule has 0 saturated carbocycles. The van der Waals surface area contributed by atoms with Crippen LogP contribution < -0.4 is 10.5 Å². The van der Waals surface area contributed by atoms with Crippen LogP contribution in [0.2, 0.25) is 0 Å². The Kier molecular flexibility index (Phi) is 5.66. The van der Waals surface area contributed by atoms with Gasteiger partial charge in [-0.1, -0.05) is 0 Å². The molecule has 1 rings (SSSR count). The number of Topliss-reactive ketones (excluding diaryl/α,β-unsaturated/α-hetero) is 1. The molecule has 6 nitrogen and oxygen atoms in total. The van der Waals surface area contributed by atoms with Crippen LogP contribution >= 0.6 is 0 Å². The Morgan fingerprint density at radius 2 is 1.85 bits per heavy atom. The maximum Gasteiger partial charge on any atom is 0.249 e. The molecule has 0 heterocycles. The first kappa shape index (κ1) is 16.1. The molecular weight excluding hydrogens is 262 g/mol. The zero-order valence-electron chi connectivity index (χ0n) is 12.1. The van der Waals surface area contributed by atoms with Gasteiger partial charge in [-0.15, -0.1) is 0 Å². The second-order valence-corrected chi connectivity index (χ2v) is 4.24. The lowest BCUT2D eigenvalue weighted by atomic mass is 9.98. The van der Waals surface area contributed by atoms with Crippen LogP contribution in [0.5, 0.6) is 5.75 Å². The van der Waals surface area contributed by atoms with E-state index >= 15 is 0 Å². The third-order valence-electron chi connectivity index (χ3n) is 2.94. The molecule has 0 atom stereocenters. The standard InChI is InChI=1S/C14H19NO5/c1-8-11(20-7-12(18-3)19-4)6-5-10(9(2)16)13(8)14(15)17/h5-6,12H,7H2,1-4H3,(H2,15,17). The molecule has 0 fully saturated rings. The minimum atomic E-state index is -0.659. The number of ether oxygens (including phenoxy) is 3. The Balaban J connectivity index is 3.08. The molecule has 0 aliphatic rings. The first-order valence-electron chi connectivity index (χ1n) is 6.05. The van der Waals surface area contributed by atoms with Crippen molar-refractivity contribution < 1.29 is 23.8 Å². The Hall–Kier alpha value is -1.92. The highest BCUT2D eigenvalue weighted by molar-refractivity contribution is 6.08. The van der Waals surface area contributed by atoms with E-state index in [1.54, 1.807) is 13.0 Å². The Labute approximate surface area is 117 Å². The Morgan fingerprint density at radius 1 is 1.25 bits per heavy atom. The zero-order valence-corrected chi connectivity index (χ0v) is 12.1. The monoisotopic (exact) mass is 281 g/mol. The van der Waals surface area contributed by atoms with Crippen LogP contribution in [-0.2, 0) is 9.47 Å². The quantitative estimate of drug-likeness (QED) is 0.601. The number of carbonyl (C=O) groups is 2. The van der Waals surface area contributed by atoms with E-state index in [-0.39, 0.29) is 23.5 Å². The molecule has 0 radical (unpaired) electrons. The molecule has 0 aliphatic carbocycles. The van der Waals surface area contributed by atoms with Gasteiger partial charge in [-0.05, 0) is 26.0 Å². The van der Waals surface area contributed by atoms with Gasteiger partial charge in [0.05, 0.1) is 5.56 Å². The normalized spacial score (nSPS) is 10.7. The van der Waals surface area contributed by atoms with Crippen molar-refractivity contribution in [2.45, 2.75) is 20.1 Å². The summed E-state index contributed by atoms with van der Waals surface area (Å²) >= 11 is 0. The van der Waals surface area contributed by atoms with Gasteiger partial charge in [0.25, 0.3) is 0 Å². The van der Waals surface area contributed by atoms with Crippen LogP contribution in [-0.4, -0.2) is 38.8 Å². The average Bonchev–Trinajstić information content (AvgIpc) is 2.40. The highest BCUT2D eigenvalue weighted by atomic mass is 16.7. The summed E-state index contributed by atoms with van der Waals surface area (Å²) in [6.07, 6.45) is -0.515. The molecule has 2 N–H and O–H groups in total. The van der Waals surface area contributed by atoms with Gasteiger partial charge in [0, 0.05) is 25.3 Å². The van der Waals surface area contributed by atoms with E-state index in [1.807, 2.05) is 0 Å². The number of hydrogen-bond donors (Lipinski definition) is 1. The number of carbonyl (C=O) groups excluding carboxylic acids is 2. The van der Waals surface area contributed by atoms with Crippen molar-refractivity contribution in [3.8, 4) is 5.75 Å². The molecule has 0 aromatic heterocycles. The SMILES string of the molecule is COC(COc1ccc(C(C)=O)c(C(N)=O)c1C)OC. The number of primary amides is 1. The van der Waals surface area contributed by atoms with Gasteiger partial charge in [-0.3, -0.25) is 9.59 Å². The van der Waals surface area contributed by atoms with E-state index in [0.29, 0.717) is 11.3 Å². The lowest BCUT2D eigenvalue weighted by Gasteiger charge is -2.17. The fraction of sp³-hybridized carbons (Fsp3) is 0.429. The lowest BCUT2D eigenvalue weighted by Crippen LogP contribution is -2.23. The molecule has 1 aromatic rings. The van der Waals surface area contributed by atoms with E-state index < -0.39 is 12.2 Å². The predicted octanol–water partition coefficient (Wildman–Crippen LogP) is 1.29. The van der Waals surface area contributed by atoms with Gasteiger partial charge in [-0.2, -0.15) is 0 Å². The van der Waals surface area contributed by atoms with Crippen LogP contribution in [0, 0.1) is 6.92 Å². The molecule has 110 valence electrons. The van der Waals surface area contributed by atoms with Crippen molar-refractivity contribution in [2.75, 3.05) is 20.8 Å². The maximum absolute atomic E-state index is 11.5. The summed E-state index contributed by atoms with van der Waals surface area (Å²) in [5.74, 6) is -0.420. The first-order chi connectivity index (χ1) is 9.42. The Morgan fingerprint density at radius 3 is 2.30 bits per heavy atom. The van der Waals surface area contributed by atoms with E-state index in [1.165, 1.54) is 27.2 Å². The second-order valence-electron chi connectivity index (χ2n) is 4.24. The van der Waals surface area contributed by atoms with Crippen molar-refractivity contribution in [1.82, 2.24) is 0 Å². The van der Waals surface area contributed by atoms with Crippen LogP contribution in [0.25, 0.3) is 0 Å². The van der Waals surface area contributed by atoms with Crippen molar-refractivity contribution in [2.24, 2.45) is 5.73 Å². The third kappa shape index (κ3) is 3.55. The summed E-state index contributed by atoms with van der Waals surface area (Å²) in [5, 5.41) is 0. The average molecular weight is 281 g/mol. The summed E-state index contributed by atoms with van der Waals surface area (Å²) in [6.45, 7) is 3.22. The molecule has 0 spiro atoms. The van der Waals surface area contributed by atoms with E-state index in [2.05, 4.69) is 0 Å². The molecule has 20 heavy (non-hydrogen) atoms. The third-order valence-corrected chi connectivity index (χ3v) is 2.94. The van der Waals surface area contributed by atoms with Crippen molar-refractivity contribution in [3.63, 3.8) is 0 Å². The number of methoxy groups -OCH3 is 2. The van der Waals surface area contributed by atoms with Crippen LogP contribution in [0.1, 0.15) is 33.2 Å². The molecular formula is C14H19NO5. The number of amides is 1. The minimum Gasteiger partial charge on any atom is -0.488 e. The van der Waals surface area contributed by atoms with Crippen molar-refractivity contribution in [1.29, 1.82) is 0 Å². The predicted molar refractivity (Wildman–Crippen MR) is 73.0 cm³/mol. The van der Waals surface area contributed by atoms with Gasteiger partial charge in [0.2, 0.25) is 5.91 Å². The number of benzene rings is 1. The van der Waals surface area contributed by atoms with Gasteiger partial charge in [0.15, 0.2) is 12.1 Å². The van der Waals surface area contributed by atoms with Gasteiger partial charge in [-0.25, -0.2) is 0 Å². The molecule has 6 heteroatoms. The minimum absolute atomic E-state index is 0.158. The molecule has 0 saturated heterocycles. The van der Waals surface area contributed by atoms with Gasteiger partial charge in [0.1, 0.15) is 12.4 Å². The van der Waals surface area contributed by atoms with E-state index in [4.69, 9.17) is 19.9 Å². The van der Waals surface area contributed by atoms with Crippen LogP contribution in [0.4, 0.5) is 0 Å². The van der Waals surface area contributed by atoms with Crippen molar-refractivity contribution >= 4 is 11.7 Å². The number of ketones is 1. The van der Waals surface area contributed by atoms with Gasteiger partial charge >= 0.3 is 0 Å². The first-order valence-corrected chi connectivity index (χ1v) is 6.05. The zero-order chi connectivity index (χ0) is 15.3. The molecule has 0 unspecified atom stereocenters. The molecule has 1 aromatic carbocycles. The summed E-state index contributed by atoms with van der Waals surface area (Å²) < 4.78 is 15.6. The summed E-state index contributed by atoms with van der Waals surface area (Å²) in [6, 6.07) is 3.15. The fourth-order valence-corrected chi connectivity index (χ4v) is 1.85. The number of rotatable bonds is 7. The molecule has 0 aliphatic heterocycles. The lowest BCUT2D eigenvalue weighted by molar-refractivity contribution is -0.122. The molecule has 0 bridgehead atoms. The van der Waals surface area contributed by atoms with Crippen LogP contribution in [0.3, 0.4) is 0 Å². The highest BCUT2D eigenvalue weighted by Crippen LogP contribution is 2.25. The largest absolute Gasteiger partial charge is 0.488 e. The highest BCUT2D eigenvalue weighted by Gasteiger charge is 2.18. The fourth-order valence-electron chi connectivity index (χ4n) is 1.85.